The highest BCUT2D eigenvalue weighted by Gasteiger charge is 2.51. The van der Waals surface area contributed by atoms with Crippen LogP contribution in [0.5, 0.6) is 0 Å². The van der Waals surface area contributed by atoms with Crippen LogP contribution in [0.1, 0.15) is 45.1 Å². The number of anilines is 1. The van der Waals surface area contributed by atoms with Crippen LogP contribution in [0.25, 0.3) is 0 Å². The molecule has 3 heterocycles. The van der Waals surface area contributed by atoms with Crippen LogP contribution in [0.2, 0.25) is 0 Å². The third-order valence-corrected chi connectivity index (χ3v) is 6.96. The summed E-state index contributed by atoms with van der Waals surface area (Å²) in [6, 6.07) is 8.63. The molecule has 2 fully saturated rings. The molecule has 0 radical (unpaired) electrons. The molecule has 2 saturated heterocycles. The average molecular weight is 370 g/mol. The van der Waals surface area contributed by atoms with E-state index in [-0.39, 0.29) is 11.8 Å². The number of carbonyl (C=O) groups is 2. The number of benzene rings is 1. The molecule has 0 bridgehead atoms. The van der Waals surface area contributed by atoms with Gasteiger partial charge in [-0.2, -0.15) is 0 Å². The first-order valence-electron chi connectivity index (χ1n) is 10.3. The summed E-state index contributed by atoms with van der Waals surface area (Å²) in [5, 5.41) is 0. The first-order chi connectivity index (χ1) is 12.9. The van der Waals surface area contributed by atoms with Crippen molar-refractivity contribution in [2.45, 2.75) is 51.0 Å². The Bertz CT molecular complexity index is 737. The van der Waals surface area contributed by atoms with E-state index in [9.17, 15) is 9.59 Å². The summed E-state index contributed by atoms with van der Waals surface area (Å²) in [6.45, 7) is 7.76. The Balaban J connectivity index is 1.46. The summed E-state index contributed by atoms with van der Waals surface area (Å²) in [4.78, 5) is 32.4. The third kappa shape index (κ3) is 2.96. The quantitative estimate of drug-likeness (QED) is 0.805. The van der Waals surface area contributed by atoms with E-state index in [4.69, 9.17) is 0 Å². The van der Waals surface area contributed by atoms with Crippen molar-refractivity contribution in [2.24, 2.45) is 5.92 Å². The van der Waals surface area contributed by atoms with E-state index in [2.05, 4.69) is 24.8 Å². The minimum absolute atomic E-state index is 0.115. The molecular weight excluding hydrogens is 338 g/mol. The van der Waals surface area contributed by atoms with Gasteiger partial charge in [0.05, 0.1) is 11.3 Å². The SMILES string of the molecule is CC(C)N1CCC[C@H](C(=O)N2CCC3(CC2)C(=O)N(C)c2ccccc23)C1. The molecule has 1 aromatic carbocycles. The number of likely N-dealkylation sites (N-methyl/N-ethyl adjacent to an activating group) is 1. The first-order valence-corrected chi connectivity index (χ1v) is 10.3. The van der Waals surface area contributed by atoms with E-state index in [0.29, 0.717) is 25.0 Å². The summed E-state index contributed by atoms with van der Waals surface area (Å²) in [5.74, 6) is 0.603. The molecule has 3 aliphatic heterocycles. The van der Waals surface area contributed by atoms with Gasteiger partial charge >= 0.3 is 0 Å². The number of piperidine rings is 2. The molecule has 0 N–H and O–H groups in total. The maximum Gasteiger partial charge on any atom is 0.237 e. The first kappa shape index (κ1) is 18.5. The van der Waals surface area contributed by atoms with Crippen molar-refractivity contribution in [2.75, 3.05) is 38.1 Å². The average Bonchev–Trinajstić information content (AvgIpc) is 2.91. The van der Waals surface area contributed by atoms with Crippen LogP contribution in [0.4, 0.5) is 5.69 Å². The van der Waals surface area contributed by atoms with Gasteiger partial charge < -0.3 is 14.7 Å². The van der Waals surface area contributed by atoms with Gasteiger partial charge in [-0.3, -0.25) is 9.59 Å². The van der Waals surface area contributed by atoms with Gasteiger partial charge in [-0.1, -0.05) is 18.2 Å². The highest BCUT2D eigenvalue weighted by molar-refractivity contribution is 6.07. The fourth-order valence-corrected chi connectivity index (χ4v) is 5.24. The number of para-hydroxylation sites is 1. The van der Waals surface area contributed by atoms with E-state index < -0.39 is 5.41 Å². The zero-order valence-corrected chi connectivity index (χ0v) is 16.8. The highest BCUT2D eigenvalue weighted by atomic mass is 16.2. The third-order valence-electron chi connectivity index (χ3n) is 6.96. The predicted molar refractivity (Wildman–Crippen MR) is 107 cm³/mol. The van der Waals surface area contributed by atoms with Gasteiger partial charge in [0.2, 0.25) is 11.8 Å². The minimum Gasteiger partial charge on any atom is -0.342 e. The Labute approximate surface area is 162 Å². The summed E-state index contributed by atoms with van der Waals surface area (Å²) in [7, 11) is 1.87. The van der Waals surface area contributed by atoms with Crippen LogP contribution >= 0.6 is 0 Å². The van der Waals surface area contributed by atoms with Gasteiger partial charge in [-0.15, -0.1) is 0 Å². The molecule has 146 valence electrons. The van der Waals surface area contributed by atoms with Crippen LogP contribution in [0.15, 0.2) is 24.3 Å². The van der Waals surface area contributed by atoms with Gasteiger partial charge in [-0.05, 0) is 57.7 Å². The van der Waals surface area contributed by atoms with Crippen LogP contribution in [-0.4, -0.2) is 60.9 Å². The fraction of sp³-hybridized carbons (Fsp3) is 0.636. The highest BCUT2D eigenvalue weighted by Crippen LogP contribution is 2.47. The number of likely N-dealkylation sites (tertiary alicyclic amines) is 2. The summed E-state index contributed by atoms with van der Waals surface area (Å²) < 4.78 is 0. The van der Waals surface area contributed by atoms with Crippen LogP contribution in [-0.2, 0) is 15.0 Å². The zero-order chi connectivity index (χ0) is 19.2. The molecule has 0 aromatic heterocycles. The number of rotatable bonds is 2. The Kier molecular flexibility index (Phi) is 4.75. The largest absolute Gasteiger partial charge is 0.342 e. The van der Waals surface area contributed by atoms with Crippen molar-refractivity contribution < 1.29 is 9.59 Å². The predicted octanol–water partition coefficient (Wildman–Crippen LogP) is 2.64. The molecule has 2 amide bonds. The summed E-state index contributed by atoms with van der Waals surface area (Å²) in [5.41, 5.74) is 1.74. The Morgan fingerprint density at radius 1 is 1.15 bits per heavy atom. The maximum absolute atomic E-state index is 13.1. The van der Waals surface area contributed by atoms with Crippen LogP contribution < -0.4 is 4.90 Å². The van der Waals surface area contributed by atoms with Crippen molar-refractivity contribution >= 4 is 17.5 Å². The van der Waals surface area contributed by atoms with E-state index in [1.165, 1.54) is 0 Å². The van der Waals surface area contributed by atoms with Gasteiger partial charge in [0.25, 0.3) is 0 Å². The van der Waals surface area contributed by atoms with Gasteiger partial charge in [0.1, 0.15) is 0 Å². The molecule has 0 unspecified atom stereocenters. The molecule has 4 rings (SSSR count). The lowest BCUT2D eigenvalue weighted by Crippen LogP contribution is -2.53. The zero-order valence-electron chi connectivity index (χ0n) is 16.8. The van der Waals surface area contributed by atoms with Crippen LogP contribution in [0, 0.1) is 5.92 Å². The van der Waals surface area contributed by atoms with Gasteiger partial charge in [0, 0.05) is 38.4 Å². The maximum atomic E-state index is 13.1. The number of nitrogens with zero attached hydrogens (tertiary/aromatic N) is 3. The number of carbonyl (C=O) groups excluding carboxylic acids is 2. The number of amides is 2. The Hall–Kier alpha value is -1.88. The normalized spacial score (nSPS) is 25.3. The molecule has 3 aliphatic rings. The molecule has 1 spiro atoms. The molecule has 0 aliphatic carbocycles. The lowest BCUT2D eigenvalue weighted by atomic mass is 9.73. The van der Waals surface area contributed by atoms with Crippen molar-refractivity contribution in [1.82, 2.24) is 9.80 Å². The summed E-state index contributed by atoms with van der Waals surface area (Å²) in [6.07, 6.45) is 3.57. The topological polar surface area (TPSA) is 43.9 Å². The lowest BCUT2D eigenvalue weighted by Gasteiger charge is -2.41. The van der Waals surface area contributed by atoms with E-state index in [1.54, 1.807) is 4.90 Å². The summed E-state index contributed by atoms with van der Waals surface area (Å²) >= 11 is 0. The Morgan fingerprint density at radius 2 is 1.85 bits per heavy atom. The van der Waals surface area contributed by atoms with Crippen LogP contribution in [0.3, 0.4) is 0 Å². The number of hydrogen-bond acceptors (Lipinski definition) is 3. The fourth-order valence-electron chi connectivity index (χ4n) is 5.24. The van der Waals surface area contributed by atoms with Crippen molar-refractivity contribution in [3.8, 4) is 0 Å². The van der Waals surface area contributed by atoms with Gasteiger partial charge in [-0.25, -0.2) is 0 Å². The molecule has 0 saturated carbocycles. The second kappa shape index (κ2) is 6.93. The lowest BCUT2D eigenvalue weighted by molar-refractivity contribution is -0.141. The molecule has 5 nitrogen and oxygen atoms in total. The van der Waals surface area contributed by atoms with Crippen molar-refractivity contribution in [3.63, 3.8) is 0 Å². The smallest absolute Gasteiger partial charge is 0.237 e. The standard InChI is InChI=1S/C22H31N3O2/c1-16(2)25-12-6-7-17(15-25)20(26)24-13-10-22(11-14-24)18-8-4-5-9-19(18)23(3)21(22)27/h4-5,8-9,16-17H,6-7,10-15H2,1-3H3/t17-/m0/s1. The second-order valence-electron chi connectivity index (χ2n) is 8.72. The van der Waals surface area contributed by atoms with E-state index >= 15 is 0 Å². The van der Waals surface area contributed by atoms with E-state index in [1.807, 2.05) is 30.1 Å². The number of hydrogen-bond donors (Lipinski definition) is 0. The van der Waals surface area contributed by atoms with Gasteiger partial charge in [0.15, 0.2) is 0 Å². The Morgan fingerprint density at radius 3 is 2.56 bits per heavy atom. The molecule has 1 atom stereocenters. The van der Waals surface area contributed by atoms with Crippen molar-refractivity contribution in [3.05, 3.63) is 29.8 Å². The molecule has 5 heteroatoms. The number of fused-ring (bicyclic) bond motifs is 2. The minimum atomic E-state index is -0.432. The van der Waals surface area contributed by atoms with Crippen molar-refractivity contribution in [1.29, 1.82) is 0 Å². The molecule has 27 heavy (non-hydrogen) atoms. The molecule has 1 aromatic rings. The molecular formula is C22H31N3O2. The second-order valence-corrected chi connectivity index (χ2v) is 8.72. The van der Waals surface area contributed by atoms with E-state index in [0.717, 1.165) is 50.0 Å². The monoisotopic (exact) mass is 369 g/mol.